The Morgan fingerprint density at radius 2 is 1.89 bits per heavy atom. The van der Waals surface area contributed by atoms with Crippen molar-refractivity contribution in [2.24, 2.45) is 5.41 Å². The molecule has 0 unspecified atom stereocenters. The number of anilines is 1. The number of rotatable bonds is 8. The molecule has 0 aliphatic rings. The molecular formula is C22H30N4O2. The van der Waals surface area contributed by atoms with Crippen LogP contribution in [-0.2, 0) is 0 Å². The maximum atomic E-state index is 12.1. The summed E-state index contributed by atoms with van der Waals surface area (Å²) in [6, 6.07) is 9.57. The standard InChI is InChI=1S/C22H30N4O2/c1-5-26(6-2)13-22(3,4)14-28-17-7-8-19-15(9-17)10-20(25-19)18-11-16(23)12-24-21(18)27/h7-12,25H,5-6,13-14,23H2,1-4H3,(H,24,27). The molecule has 3 aromatic rings. The van der Waals surface area contributed by atoms with E-state index in [1.165, 1.54) is 6.20 Å². The molecular weight excluding hydrogens is 352 g/mol. The molecule has 0 saturated carbocycles. The van der Waals surface area contributed by atoms with Gasteiger partial charge in [-0.1, -0.05) is 27.7 Å². The Labute approximate surface area is 165 Å². The van der Waals surface area contributed by atoms with Gasteiger partial charge < -0.3 is 25.3 Å². The predicted octanol–water partition coefficient (Wildman–Crippen LogP) is 3.85. The van der Waals surface area contributed by atoms with Gasteiger partial charge in [0, 0.05) is 34.7 Å². The van der Waals surface area contributed by atoms with Crippen molar-refractivity contribution in [3.63, 3.8) is 0 Å². The average Bonchev–Trinajstić information content (AvgIpc) is 3.09. The van der Waals surface area contributed by atoms with Crippen LogP contribution in [0.5, 0.6) is 5.75 Å². The predicted molar refractivity (Wildman–Crippen MR) is 116 cm³/mol. The van der Waals surface area contributed by atoms with Crippen LogP contribution in [0.15, 0.2) is 41.3 Å². The van der Waals surface area contributed by atoms with E-state index >= 15 is 0 Å². The van der Waals surface area contributed by atoms with Gasteiger partial charge in [0.15, 0.2) is 0 Å². The van der Waals surface area contributed by atoms with Crippen LogP contribution in [0.3, 0.4) is 0 Å². The second-order valence-corrected chi connectivity index (χ2v) is 8.02. The van der Waals surface area contributed by atoms with Crippen LogP contribution in [0.2, 0.25) is 0 Å². The molecule has 0 amide bonds. The highest BCUT2D eigenvalue weighted by Crippen LogP contribution is 2.27. The van der Waals surface area contributed by atoms with Crippen molar-refractivity contribution in [3.8, 4) is 17.0 Å². The van der Waals surface area contributed by atoms with Gasteiger partial charge in [-0.25, -0.2) is 0 Å². The first-order chi connectivity index (χ1) is 13.3. The first kappa shape index (κ1) is 20.0. The van der Waals surface area contributed by atoms with Crippen LogP contribution in [0.25, 0.3) is 22.2 Å². The molecule has 3 rings (SSSR count). The monoisotopic (exact) mass is 382 g/mol. The summed E-state index contributed by atoms with van der Waals surface area (Å²) in [5.41, 5.74) is 8.43. The minimum absolute atomic E-state index is 0.0547. The van der Waals surface area contributed by atoms with Crippen LogP contribution in [-0.4, -0.2) is 41.1 Å². The summed E-state index contributed by atoms with van der Waals surface area (Å²) < 4.78 is 6.10. The van der Waals surface area contributed by atoms with Gasteiger partial charge in [0.2, 0.25) is 0 Å². The van der Waals surface area contributed by atoms with Gasteiger partial charge in [-0.15, -0.1) is 0 Å². The number of nitrogen functional groups attached to an aromatic ring is 1. The molecule has 0 aliphatic carbocycles. The number of pyridine rings is 1. The molecule has 0 saturated heterocycles. The minimum atomic E-state index is -0.171. The van der Waals surface area contributed by atoms with E-state index in [4.69, 9.17) is 10.5 Å². The third-order valence-electron chi connectivity index (χ3n) is 4.98. The molecule has 6 nitrogen and oxygen atoms in total. The number of hydrogen-bond acceptors (Lipinski definition) is 4. The van der Waals surface area contributed by atoms with Crippen molar-refractivity contribution in [1.29, 1.82) is 0 Å². The molecule has 0 fully saturated rings. The van der Waals surface area contributed by atoms with Gasteiger partial charge in [-0.3, -0.25) is 4.79 Å². The van der Waals surface area contributed by atoms with Crippen LogP contribution in [0.1, 0.15) is 27.7 Å². The summed E-state index contributed by atoms with van der Waals surface area (Å²) in [6.07, 6.45) is 1.50. The molecule has 150 valence electrons. The number of nitrogens with two attached hydrogens (primary N) is 1. The number of aromatic amines is 2. The fraction of sp³-hybridized carbons (Fsp3) is 0.409. The van der Waals surface area contributed by atoms with Crippen LogP contribution in [0.4, 0.5) is 5.69 Å². The van der Waals surface area contributed by atoms with E-state index < -0.39 is 0 Å². The Morgan fingerprint density at radius 1 is 1.14 bits per heavy atom. The van der Waals surface area contributed by atoms with Crippen molar-refractivity contribution in [2.45, 2.75) is 27.7 Å². The lowest BCUT2D eigenvalue weighted by atomic mass is 9.94. The minimum Gasteiger partial charge on any atom is -0.493 e. The first-order valence-corrected chi connectivity index (χ1v) is 9.78. The van der Waals surface area contributed by atoms with Gasteiger partial charge in [0.1, 0.15) is 5.75 Å². The summed E-state index contributed by atoms with van der Waals surface area (Å²) in [5.74, 6) is 0.826. The molecule has 2 heterocycles. The second-order valence-electron chi connectivity index (χ2n) is 8.02. The lowest BCUT2D eigenvalue weighted by Gasteiger charge is -2.31. The number of fused-ring (bicyclic) bond motifs is 1. The van der Waals surface area contributed by atoms with Crippen molar-refractivity contribution >= 4 is 16.6 Å². The summed E-state index contributed by atoms with van der Waals surface area (Å²) in [5, 5.41) is 0.996. The van der Waals surface area contributed by atoms with Gasteiger partial charge in [0.05, 0.1) is 17.9 Å². The maximum absolute atomic E-state index is 12.1. The van der Waals surface area contributed by atoms with Gasteiger partial charge in [0.25, 0.3) is 5.56 Å². The smallest absolute Gasteiger partial charge is 0.257 e. The number of hydrogen-bond donors (Lipinski definition) is 3. The number of nitrogens with one attached hydrogen (secondary N) is 2. The topological polar surface area (TPSA) is 87.1 Å². The number of aromatic nitrogens is 2. The van der Waals surface area contributed by atoms with Crippen LogP contribution in [0, 0.1) is 5.41 Å². The van der Waals surface area contributed by atoms with E-state index in [2.05, 4.69) is 42.6 Å². The zero-order valence-electron chi connectivity index (χ0n) is 17.1. The van der Waals surface area contributed by atoms with Crippen molar-refractivity contribution in [3.05, 3.63) is 46.9 Å². The molecule has 0 atom stereocenters. The van der Waals surface area contributed by atoms with E-state index in [9.17, 15) is 4.79 Å². The number of ether oxygens (including phenoxy) is 1. The number of benzene rings is 1. The van der Waals surface area contributed by atoms with Crippen LogP contribution >= 0.6 is 0 Å². The van der Waals surface area contributed by atoms with E-state index in [0.29, 0.717) is 17.9 Å². The zero-order chi connectivity index (χ0) is 20.3. The quantitative estimate of drug-likeness (QED) is 0.552. The molecule has 0 aliphatic heterocycles. The average molecular weight is 383 g/mol. The summed E-state index contributed by atoms with van der Waals surface area (Å²) in [4.78, 5) is 20.5. The Hall–Kier alpha value is -2.73. The third kappa shape index (κ3) is 4.57. The molecule has 6 heteroatoms. The SMILES string of the molecule is CCN(CC)CC(C)(C)COc1ccc2[nH]c(-c3cc(N)c[nH]c3=O)cc2c1. The Bertz CT molecular complexity index is 999. The molecule has 2 aromatic heterocycles. The summed E-state index contributed by atoms with van der Waals surface area (Å²) in [6.45, 7) is 12.5. The zero-order valence-corrected chi connectivity index (χ0v) is 17.1. The fourth-order valence-corrected chi connectivity index (χ4v) is 3.42. The van der Waals surface area contributed by atoms with E-state index in [1.54, 1.807) is 6.07 Å². The van der Waals surface area contributed by atoms with Gasteiger partial charge in [-0.05, 0) is 43.4 Å². The lowest BCUT2D eigenvalue weighted by molar-refractivity contribution is 0.121. The molecule has 0 bridgehead atoms. The van der Waals surface area contributed by atoms with E-state index in [0.717, 1.165) is 42.0 Å². The molecule has 0 spiro atoms. The Kier molecular flexibility index (Phi) is 5.79. The van der Waals surface area contributed by atoms with Crippen molar-refractivity contribution < 1.29 is 4.74 Å². The number of H-pyrrole nitrogens is 2. The third-order valence-corrected chi connectivity index (χ3v) is 4.98. The van der Waals surface area contributed by atoms with E-state index in [1.807, 2.05) is 24.3 Å². The molecule has 0 radical (unpaired) electrons. The van der Waals surface area contributed by atoms with Crippen molar-refractivity contribution in [2.75, 3.05) is 32.0 Å². The fourth-order valence-electron chi connectivity index (χ4n) is 3.42. The summed E-state index contributed by atoms with van der Waals surface area (Å²) >= 11 is 0. The molecule has 28 heavy (non-hydrogen) atoms. The highest BCUT2D eigenvalue weighted by molar-refractivity contribution is 5.87. The van der Waals surface area contributed by atoms with Crippen LogP contribution < -0.4 is 16.0 Å². The Morgan fingerprint density at radius 3 is 2.61 bits per heavy atom. The second kappa shape index (κ2) is 8.10. The lowest BCUT2D eigenvalue weighted by Crippen LogP contribution is -2.37. The molecule has 1 aromatic carbocycles. The maximum Gasteiger partial charge on any atom is 0.257 e. The summed E-state index contributed by atoms with van der Waals surface area (Å²) in [7, 11) is 0. The van der Waals surface area contributed by atoms with E-state index in [-0.39, 0.29) is 11.0 Å². The normalized spacial score (nSPS) is 12.0. The highest BCUT2D eigenvalue weighted by Gasteiger charge is 2.22. The van der Waals surface area contributed by atoms with Gasteiger partial charge >= 0.3 is 0 Å². The number of nitrogens with zero attached hydrogens (tertiary/aromatic N) is 1. The highest BCUT2D eigenvalue weighted by atomic mass is 16.5. The molecule has 4 N–H and O–H groups in total. The largest absolute Gasteiger partial charge is 0.493 e. The van der Waals surface area contributed by atoms with Crippen molar-refractivity contribution in [1.82, 2.24) is 14.9 Å². The Balaban J connectivity index is 1.78. The van der Waals surface area contributed by atoms with Gasteiger partial charge in [-0.2, -0.15) is 0 Å². The first-order valence-electron chi connectivity index (χ1n) is 9.78.